The van der Waals surface area contributed by atoms with E-state index in [9.17, 15) is 10.2 Å². The monoisotopic (exact) mass is 435 g/mol. The van der Waals surface area contributed by atoms with Gasteiger partial charge in [-0.2, -0.15) is 0 Å². The number of aliphatic hydroxyl groups excluding tert-OH is 2. The summed E-state index contributed by atoms with van der Waals surface area (Å²) >= 11 is 0. The number of aliphatic hydroxyl groups is 2. The molecule has 2 aromatic heterocycles. The third-order valence-corrected chi connectivity index (χ3v) is 6.29. The highest BCUT2D eigenvalue weighted by molar-refractivity contribution is 5.83. The van der Waals surface area contributed by atoms with Crippen LogP contribution in [0.15, 0.2) is 47.3 Å². The van der Waals surface area contributed by atoms with Crippen LogP contribution in [0.3, 0.4) is 0 Å². The Bertz CT molecular complexity index is 1070. The van der Waals surface area contributed by atoms with E-state index >= 15 is 0 Å². The number of methoxy groups -OCH3 is 1. The molecular formula is C25H29N3O4. The zero-order chi connectivity index (χ0) is 22.3. The summed E-state index contributed by atoms with van der Waals surface area (Å²) < 4.78 is 10.5. The van der Waals surface area contributed by atoms with Crippen molar-refractivity contribution >= 4 is 10.9 Å². The van der Waals surface area contributed by atoms with Crippen LogP contribution in [0, 0.1) is 23.7 Å². The molecule has 0 saturated carbocycles. The largest absolute Gasteiger partial charge is 0.497 e. The minimum absolute atomic E-state index is 0.139. The van der Waals surface area contributed by atoms with Gasteiger partial charge >= 0.3 is 0 Å². The molecule has 7 heteroatoms. The predicted octanol–water partition coefficient (Wildman–Crippen LogP) is 3.03. The smallest absolute Gasteiger partial charge is 0.273 e. The third-order valence-electron chi connectivity index (χ3n) is 6.29. The summed E-state index contributed by atoms with van der Waals surface area (Å²) in [4.78, 5) is 10.7. The van der Waals surface area contributed by atoms with Crippen molar-refractivity contribution < 1.29 is 19.4 Å². The van der Waals surface area contributed by atoms with E-state index in [1.807, 2.05) is 24.3 Å². The number of fused-ring (bicyclic) bond motifs is 1. The molecule has 2 N–H and O–H groups in total. The zero-order valence-electron chi connectivity index (χ0n) is 18.3. The van der Waals surface area contributed by atoms with E-state index in [1.165, 1.54) is 6.26 Å². The standard InChI is InChI=1S/C25H29N3O4/c1-31-20-5-6-23-22(15-20)21(8-10-26-23)24(30)7-4-18-9-13-28(16-19(18)17-29)12-2-3-25-27-11-14-32-25/h5-6,8,10-11,14-15,18-19,24,29-30H,4,7,9,12-13,16-17H2,1H3/t18-,19-,24?/m1/s1. The van der Waals surface area contributed by atoms with Crippen LogP contribution >= 0.6 is 0 Å². The summed E-state index contributed by atoms with van der Waals surface area (Å²) in [6.07, 6.45) is 6.72. The molecule has 1 fully saturated rings. The van der Waals surface area contributed by atoms with Crippen molar-refractivity contribution in [2.75, 3.05) is 33.4 Å². The molecule has 1 aliphatic heterocycles. The predicted molar refractivity (Wildman–Crippen MR) is 121 cm³/mol. The lowest BCUT2D eigenvalue weighted by molar-refractivity contribution is 0.0640. The van der Waals surface area contributed by atoms with Gasteiger partial charge in [-0.1, -0.05) is 5.92 Å². The number of benzene rings is 1. The molecule has 1 aliphatic rings. The van der Waals surface area contributed by atoms with Gasteiger partial charge in [0, 0.05) is 24.7 Å². The molecule has 32 heavy (non-hydrogen) atoms. The number of ether oxygens (including phenoxy) is 1. The Balaban J connectivity index is 1.35. The van der Waals surface area contributed by atoms with Crippen LogP contribution in [0.25, 0.3) is 10.9 Å². The van der Waals surface area contributed by atoms with E-state index in [4.69, 9.17) is 9.15 Å². The van der Waals surface area contributed by atoms with E-state index in [0.29, 0.717) is 24.8 Å². The Morgan fingerprint density at radius 3 is 2.94 bits per heavy atom. The summed E-state index contributed by atoms with van der Waals surface area (Å²) in [5.74, 6) is 7.73. The first-order chi connectivity index (χ1) is 15.7. The maximum atomic E-state index is 11.0. The highest BCUT2D eigenvalue weighted by Crippen LogP contribution is 2.33. The summed E-state index contributed by atoms with van der Waals surface area (Å²) in [5, 5.41) is 21.8. The number of aromatic nitrogens is 2. The van der Waals surface area contributed by atoms with Gasteiger partial charge in [0.15, 0.2) is 0 Å². The fourth-order valence-electron chi connectivity index (χ4n) is 4.49. The molecule has 0 bridgehead atoms. The number of piperidine rings is 1. The Labute approximate surface area is 188 Å². The lowest BCUT2D eigenvalue weighted by Crippen LogP contribution is -2.42. The maximum absolute atomic E-state index is 11.0. The van der Waals surface area contributed by atoms with Crippen LogP contribution in [0.5, 0.6) is 5.75 Å². The van der Waals surface area contributed by atoms with Crippen molar-refractivity contribution in [3.63, 3.8) is 0 Å². The molecule has 1 unspecified atom stereocenters. The van der Waals surface area contributed by atoms with Crippen molar-refractivity contribution in [3.8, 4) is 17.6 Å². The van der Waals surface area contributed by atoms with Gasteiger partial charge in [0.25, 0.3) is 5.89 Å². The van der Waals surface area contributed by atoms with Crippen molar-refractivity contribution in [1.29, 1.82) is 0 Å². The van der Waals surface area contributed by atoms with E-state index in [1.54, 1.807) is 19.5 Å². The number of rotatable bonds is 7. The number of hydrogen-bond acceptors (Lipinski definition) is 7. The third kappa shape index (κ3) is 5.28. The van der Waals surface area contributed by atoms with E-state index in [2.05, 4.69) is 26.7 Å². The van der Waals surface area contributed by atoms with Gasteiger partial charge < -0.3 is 19.4 Å². The number of pyridine rings is 1. The highest BCUT2D eigenvalue weighted by atomic mass is 16.5. The van der Waals surface area contributed by atoms with Crippen molar-refractivity contribution in [3.05, 3.63) is 54.4 Å². The minimum Gasteiger partial charge on any atom is -0.497 e. The number of nitrogens with zero attached hydrogens (tertiary/aromatic N) is 3. The summed E-state index contributed by atoms with van der Waals surface area (Å²) in [7, 11) is 1.63. The lowest BCUT2D eigenvalue weighted by atomic mass is 9.81. The highest BCUT2D eigenvalue weighted by Gasteiger charge is 2.29. The van der Waals surface area contributed by atoms with Gasteiger partial charge in [-0.05, 0) is 73.4 Å². The number of hydrogen-bond donors (Lipinski definition) is 2. The molecule has 0 aliphatic carbocycles. The van der Waals surface area contributed by atoms with Crippen LogP contribution in [-0.4, -0.2) is 58.4 Å². The molecule has 0 spiro atoms. The average Bonchev–Trinajstić information content (AvgIpc) is 3.35. The van der Waals surface area contributed by atoms with Crippen LogP contribution in [0.4, 0.5) is 0 Å². The number of oxazole rings is 1. The van der Waals surface area contributed by atoms with Crippen LogP contribution in [-0.2, 0) is 0 Å². The molecule has 168 valence electrons. The van der Waals surface area contributed by atoms with Crippen molar-refractivity contribution in [2.45, 2.75) is 25.4 Å². The van der Waals surface area contributed by atoms with Gasteiger partial charge in [0.05, 0.1) is 31.5 Å². The molecule has 0 amide bonds. The summed E-state index contributed by atoms with van der Waals surface area (Å²) in [5.41, 5.74) is 1.71. The minimum atomic E-state index is -0.586. The SMILES string of the molecule is COc1ccc2nccc(C(O)CC[C@@H]3CCN(CC#Cc4ncco4)C[C@@H]3CO)c2c1. The Kier molecular flexibility index (Phi) is 7.38. The fraction of sp³-hybridized carbons (Fsp3) is 0.440. The van der Waals surface area contributed by atoms with E-state index in [0.717, 1.165) is 48.1 Å². The molecule has 1 aromatic carbocycles. The first-order valence-electron chi connectivity index (χ1n) is 11.0. The molecule has 3 atom stereocenters. The van der Waals surface area contributed by atoms with E-state index in [-0.39, 0.29) is 12.5 Å². The van der Waals surface area contributed by atoms with Gasteiger partial charge in [-0.3, -0.25) is 9.88 Å². The Morgan fingerprint density at radius 2 is 2.16 bits per heavy atom. The Hall–Kier alpha value is -2.92. The molecule has 4 rings (SSSR count). The summed E-state index contributed by atoms with van der Waals surface area (Å²) in [6, 6.07) is 7.59. The molecule has 0 radical (unpaired) electrons. The van der Waals surface area contributed by atoms with Crippen molar-refractivity contribution in [1.82, 2.24) is 14.9 Å². The van der Waals surface area contributed by atoms with Crippen LogP contribution in [0.2, 0.25) is 0 Å². The number of likely N-dealkylation sites (tertiary alicyclic amines) is 1. The zero-order valence-corrected chi connectivity index (χ0v) is 18.3. The molecule has 3 aromatic rings. The Morgan fingerprint density at radius 1 is 1.25 bits per heavy atom. The molecule has 1 saturated heterocycles. The molecule has 7 nitrogen and oxygen atoms in total. The molecule has 3 heterocycles. The summed E-state index contributed by atoms with van der Waals surface area (Å²) in [6.45, 7) is 2.48. The first kappa shape index (κ1) is 22.3. The normalized spacial score (nSPS) is 20.0. The molecular weight excluding hydrogens is 406 g/mol. The topological polar surface area (TPSA) is 91.9 Å². The van der Waals surface area contributed by atoms with Gasteiger partial charge in [-0.25, -0.2) is 4.98 Å². The average molecular weight is 436 g/mol. The van der Waals surface area contributed by atoms with Gasteiger partial charge in [-0.15, -0.1) is 0 Å². The second-order valence-corrected chi connectivity index (χ2v) is 8.24. The first-order valence-corrected chi connectivity index (χ1v) is 11.0. The lowest BCUT2D eigenvalue weighted by Gasteiger charge is -2.37. The van der Waals surface area contributed by atoms with Crippen molar-refractivity contribution in [2.24, 2.45) is 11.8 Å². The maximum Gasteiger partial charge on any atom is 0.273 e. The van der Waals surface area contributed by atoms with Crippen LogP contribution in [0.1, 0.15) is 36.8 Å². The fourth-order valence-corrected chi connectivity index (χ4v) is 4.49. The second-order valence-electron chi connectivity index (χ2n) is 8.24. The van der Waals surface area contributed by atoms with Crippen LogP contribution < -0.4 is 4.74 Å². The van der Waals surface area contributed by atoms with E-state index < -0.39 is 6.10 Å². The quantitative estimate of drug-likeness (QED) is 0.551. The second kappa shape index (κ2) is 10.6. The van der Waals surface area contributed by atoms with Gasteiger partial charge in [0.2, 0.25) is 0 Å². The van der Waals surface area contributed by atoms with Gasteiger partial charge in [0.1, 0.15) is 12.0 Å².